The molecule has 3 aromatic rings. The first-order chi connectivity index (χ1) is 16.3. The lowest BCUT2D eigenvalue weighted by atomic mass is 9.94. The number of aliphatic hydroxyl groups excluding tert-OH is 1. The largest absolute Gasteiger partial charge is 0.507 e. The van der Waals surface area contributed by atoms with Crippen LogP contribution in [0.5, 0.6) is 11.5 Å². The Kier molecular flexibility index (Phi) is 6.30. The number of carbonyl (C=O) groups excluding carboxylic acids is 2. The van der Waals surface area contributed by atoms with Gasteiger partial charge in [-0.25, -0.2) is 4.39 Å². The molecule has 1 unspecified atom stereocenters. The van der Waals surface area contributed by atoms with E-state index in [1.165, 1.54) is 31.3 Å². The van der Waals surface area contributed by atoms with Crippen molar-refractivity contribution in [2.45, 2.75) is 13.0 Å². The molecule has 3 aromatic carbocycles. The third-order valence-electron chi connectivity index (χ3n) is 5.67. The molecule has 1 aliphatic rings. The fourth-order valence-electron chi connectivity index (χ4n) is 3.99. The van der Waals surface area contributed by atoms with Crippen molar-refractivity contribution >= 4 is 34.7 Å². The Morgan fingerprint density at radius 3 is 2.32 bits per heavy atom. The first-order valence-electron chi connectivity index (χ1n) is 10.3. The smallest absolute Gasteiger partial charge is 0.300 e. The first kappa shape index (κ1) is 23.3. The van der Waals surface area contributed by atoms with Crippen LogP contribution in [0.3, 0.4) is 0 Å². The number of amides is 1. The predicted octanol–water partition coefficient (Wildman–Crippen LogP) is 5.43. The summed E-state index contributed by atoms with van der Waals surface area (Å²) in [7, 11) is 2.97. The van der Waals surface area contributed by atoms with Crippen LogP contribution in [-0.2, 0) is 9.59 Å². The van der Waals surface area contributed by atoms with Gasteiger partial charge in [-0.1, -0.05) is 35.4 Å². The van der Waals surface area contributed by atoms with Gasteiger partial charge in [0, 0.05) is 5.69 Å². The molecular formula is C26H21ClFNO5. The lowest BCUT2D eigenvalue weighted by Crippen LogP contribution is -2.29. The molecule has 6 nitrogen and oxygen atoms in total. The maximum Gasteiger partial charge on any atom is 0.300 e. The number of ketones is 1. The van der Waals surface area contributed by atoms with Crippen molar-refractivity contribution in [1.82, 2.24) is 0 Å². The summed E-state index contributed by atoms with van der Waals surface area (Å²) in [5, 5.41) is 11.1. The fourth-order valence-corrected chi connectivity index (χ4v) is 4.16. The Bertz CT molecular complexity index is 1320. The Hall–Kier alpha value is -3.84. The number of aryl methyl sites for hydroxylation is 1. The molecule has 0 radical (unpaired) electrons. The van der Waals surface area contributed by atoms with E-state index in [1.54, 1.807) is 42.5 Å². The monoisotopic (exact) mass is 481 g/mol. The van der Waals surface area contributed by atoms with Gasteiger partial charge < -0.3 is 14.6 Å². The van der Waals surface area contributed by atoms with Crippen molar-refractivity contribution in [3.05, 3.63) is 93.8 Å². The van der Waals surface area contributed by atoms with Crippen LogP contribution in [0.1, 0.15) is 22.7 Å². The molecule has 0 aliphatic carbocycles. The summed E-state index contributed by atoms with van der Waals surface area (Å²) in [5.41, 5.74) is 1.72. The lowest BCUT2D eigenvalue weighted by Gasteiger charge is -2.26. The van der Waals surface area contributed by atoms with Crippen LogP contribution in [0, 0.1) is 12.7 Å². The second kappa shape index (κ2) is 9.19. The number of Topliss-reactive ketones (excluding diaryl/α,β-unsaturated/α-hetero) is 1. The van der Waals surface area contributed by atoms with E-state index in [2.05, 4.69) is 0 Å². The Balaban J connectivity index is 1.98. The molecule has 0 saturated carbocycles. The standard InChI is InChI=1S/C26H21ClFNO5/c1-14-4-11-21(34-3)18(12-14)24(30)22-23(15-5-8-17(33-2)9-6-15)29(26(32)25(22)31)16-7-10-20(28)19(27)13-16/h4-13,23,30H,1-3H3/b24-22+. The van der Waals surface area contributed by atoms with Gasteiger partial charge >= 0.3 is 0 Å². The average Bonchev–Trinajstić information content (AvgIpc) is 3.10. The lowest BCUT2D eigenvalue weighted by molar-refractivity contribution is -0.132. The van der Waals surface area contributed by atoms with Gasteiger partial charge in [0.25, 0.3) is 11.7 Å². The number of hydrogen-bond donors (Lipinski definition) is 1. The van der Waals surface area contributed by atoms with Crippen molar-refractivity contribution in [3.63, 3.8) is 0 Å². The SMILES string of the molecule is COc1ccc(C2/C(=C(\O)c3cc(C)ccc3OC)C(=O)C(=O)N2c2ccc(F)c(Cl)c2)cc1. The van der Waals surface area contributed by atoms with Gasteiger partial charge in [0.15, 0.2) is 0 Å². The van der Waals surface area contributed by atoms with E-state index in [4.69, 9.17) is 21.1 Å². The molecule has 4 rings (SSSR count). The summed E-state index contributed by atoms with van der Waals surface area (Å²) in [6, 6.07) is 14.6. The van der Waals surface area contributed by atoms with E-state index >= 15 is 0 Å². The molecule has 1 saturated heterocycles. The molecule has 1 heterocycles. The van der Waals surface area contributed by atoms with Crippen LogP contribution >= 0.6 is 11.6 Å². The highest BCUT2D eigenvalue weighted by molar-refractivity contribution is 6.51. The van der Waals surface area contributed by atoms with Crippen molar-refractivity contribution in [2.24, 2.45) is 0 Å². The number of hydrogen-bond acceptors (Lipinski definition) is 5. The van der Waals surface area contributed by atoms with Gasteiger partial charge in [-0.2, -0.15) is 0 Å². The highest BCUT2D eigenvalue weighted by Gasteiger charge is 2.47. The molecule has 174 valence electrons. The molecule has 1 aliphatic heterocycles. The van der Waals surface area contributed by atoms with Crippen LogP contribution in [0.2, 0.25) is 5.02 Å². The topological polar surface area (TPSA) is 76.1 Å². The number of aliphatic hydroxyl groups is 1. The summed E-state index contributed by atoms with van der Waals surface area (Å²) < 4.78 is 24.4. The molecule has 1 fully saturated rings. The van der Waals surface area contributed by atoms with E-state index in [-0.39, 0.29) is 27.6 Å². The molecule has 0 spiro atoms. The molecule has 8 heteroatoms. The second-order valence-electron chi connectivity index (χ2n) is 7.74. The van der Waals surface area contributed by atoms with E-state index in [9.17, 15) is 19.1 Å². The van der Waals surface area contributed by atoms with Crippen LogP contribution in [0.25, 0.3) is 5.76 Å². The van der Waals surface area contributed by atoms with Gasteiger partial charge in [0.05, 0.1) is 36.4 Å². The van der Waals surface area contributed by atoms with E-state index in [0.717, 1.165) is 11.6 Å². The van der Waals surface area contributed by atoms with Crippen LogP contribution in [0.4, 0.5) is 10.1 Å². The van der Waals surface area contributed by atoms with Crippen LogP contribution < -0.4 is 14.4 Å². The highest BCUT2D eigenvalue weighted by atomic mass is 35.5. The minimum Gasteiger partial charge on any atom is -0.507 e. The van der Waals surface area contributed by atoms with Gasteiger partial charge in [-0.3, -0.25) is 14.5 Å². The number of nitrogens with zero attached hydrogens (tertiary/aromatic N) is 1. The van der Waals surface area contributed by atoms with E-state index < -0.39 is 23.5 Å². The van der Waals surface area contributed by atoms with Gasteiger partial charge in [-0.05, 0) is 55.0 Å². The average molecular weight is 482 g/mol. The zero-order chi connectivity index (χ0) is 24.6. The Morgan fingerprint density at radius 2 is 1.71 bits per heavy atom. The number of methoxy groups -OCH3 is 2. The summed E-state index contributed by atoms with van der Waals surface area (Å²) in [4.78, 5) is 27.7. The van der Waals surface area contributed by atoms with Crippen LogP contribution in [0.15, 0.2) is 66.2 Å². The maximum atomic E-state index is 13.8. The Labute approximate surface area is 200 Å². The predicted molar refractivity (Wildman–Crippen MR) is 127 cm³/mol. The fraction of sp³-hybridized carbons (Fsp3) is 0.154. The molecule has 34 heavy (non-hydrogen) atoms. The maximum absolute atomic E-state index is 13.8. The number of anilines is 1. The summed E-state index contributed by atoms with van der Waals surface area (Å²) in [5.74, 6) is -1.89. The minimum absolute atomic E-state index is 0.125. The number of carbonyl (C=O) groups is 2. The molecule has 1 amide bonds. The third kappa shape index (κ3) is 3.99. The number of ether oxygens (including phenoxy) is 2. The van der Waals surface area contributed by atoms with E-state index in [0.29, 0.717) is 17.1 Å². The molecule has 0 bridgehead atoms. The molecule has 0 aromatic heterocycles. The molecule has 1 N–H and O–H groups in total. The number of benzene rings is 3. The van der Waals surface area contributed by atoms with E-state index in [1.807, 2.05) is 6.92 Å². The van der Waals surface area contributed by atoms with Crippen molar-refractivity contribution in [1.29, 1.82) is 0 Å². The number of halogens is 2. The second-order valence-corrected chi connectivity index (χ2v) is 8.15. The van der Waals surface area contributed by atoms with Crippen molar-refractivity contribution in [3.8, 4) is 11.5 Å². The Morgan fingerprint density at radius 1 is 1.00 bits per heavy atom. The quantitative estimate of drug-likeness (QED) is 0.299. The van der Waals surface area contributed by atoms with Gasteiger partial charge in [-0.15, -0.1) is 0 Å². The summed E-state index contributed by atoms with van der Waals surface area (Å²) in [6.07, 6.45) is 0. The minimum atomic E-state index is -1.00. The van der Waals surface area contributed by atoms with Crippen molar-refractivity contribution in [2.75, 3.05) is 19.1 Å². The van der Waals surface area contributed by atoms with Crippen LogP contribution in [-0.4, -0.2) is 31.0 Å². The zero-order valence-corrected chi connectivity index (χ0v) is 19.4. The molecule has 1 atom stereocenters. The third-order valence-corrected chi connectivity index (χ3v) is 5.96. The van der Waals surface area contributed by atoms with Gasteiger partial charge in [0.2, 0.25) is 0 Å². The summed E-state index contributed by atoms with van der Waals surface area (Å²) in [6.45, 7) is 1.83. The highest BCUT2D eigenvalue weighted by Crippen LogP contribution is 2.44. The zero-order valence-electron chi connectivity index (χ0n) is 18.6. The van der Waals surface area contributed by atoms with Crippen molar-refractivity contribution < 1.29 is 28.6 Å². The number of rotatable bonds is 5. The summed E-state index contributed by atoms with van der Waals surface area (Å²) >= 11 is 5.97. The first-order valence-corrected chi connectivity index (χ1v) is 10.7. The van der Waals surface area contributed by atoms with Gasteiger partial charge in [0.1, 0.15) is 23.1 Å². The molecular weight excluding hydrogens is 461 g/mol. The normalized spacial score (nSPS) is 17.2.